The van der Waals surface area contributed by atoms with Crippen molar-refractivity contribution in [1.29, 1.82) is 0 Å². The van der Waals surface area contributed by atoms with E-state index in [1.54, 1.807) is 11.3 Å². The molecule has 0 N–H and O–H groups in total. The fourth-order valence-electron chi connectivity index (χ4n) is 2.07. The first-order valence-electron chi connectivity index (χ1n) is 5.63. The number of fused-ring (bicyclic) bond motifs is 1. The first-order chi connectivity index (χ1) is 8.65. The van der Waals surface area contributed by atoms with E-state index in [-0.39, 0.29) is 0 Å². The van der Waals surface area contributed by atoms with Crippen LogP contribution in [-0.4, -0.2) is 9.97 Å². The minimum atomic E-state index is 0.523. The van der Waals surface area contributed by atoms with E-state index < -0.39 is 0 Å². The second-order valence-electron chi connectivity index (χ2n) is 4.29. The Morgan fingerprint density at radius 2 is 2.00 bits per heavy atom. The van der Waals surface area contributed by atoms with Gasteiger partial charge in [-0.25, -0.2) is 9.97 Å². The van der Waals surface area contributed by atoms with Crippen LogP contribution in [0.4, 0.5) is 0 Å². The molecule has 1 aromatic carbocycles. The van der Waals surface area contributed by atoms with Crippen molar-refractivity contribution < 1.29 is 0 Å². The summed E-state index contributed by atoms with van der Waals surface area (Å²) in [6.45, 7) is 4.10. The molecular weight excluding hydrogens is 264 g/mol. The highest BCUT2D eigenvalue weighted by Gasteiger charge is 2.10. The molecule has 0 saturated heterocycles. The molecule has 0 radical (unpaired) electrons. The van der Waals surface area contributed by atoms with Crippen molar-refractivity contribution in [3.8, 4) is 10.7 Å². The van der Waals surface area contributed by atoms with Crippen LogP contribution in [0.25, 0.3) is 21.6 Å². The summed E-state index contributed by atoms with van der Waals surface area (Å²) < 4.78 is 0. The van der Waals surface area contributed by atoms with E-state index in [0.29, 0.717) is 11.0 Å². The van der Waals surface area contributed by atoms with Gasteiger partial charge in [0.2, 0.25) is 0 Å². The number of benzene rings is 1. The lowest BCUT2D eigenvalue weighted by molar-refractivity contribution is 1.22. The third kappa shape index (κ3) is 1.89. The van der Waals surface area contributed by atoms with Crippen LogP contribution in [0, 0.1) is 13.8 Å². The first kappa shape index (κ1) is 11.6. The van der Waals surface area contributed by atoms with Crippen molar-refractivity contribution in [2.75, 3.05) is 0 Å². The molecule has 0 aliphatic rings. The molecule has 18 heavy (non-hydrogen) atoms. The van der Waals surface area contributed by atoms with Crippen molar-refractivity contribution >= 4 is 33.8 Å². The van der Waals surface area contributed by atoms with Gasteiger partial charge in [-0.15, -0.1) is 11.3 Å². The Morgan fingerprint density at radius 3 is 2.72 bits per heavy atom. The average Bonchev–Trinajstić information content (AvgIpc) is 2.83. The Morgan fingerprint density at radius 1 is 1.17 bits per heavy atom. The molecule has 3 rings (SSSR count). The van der Waals surface area contributed by atoms with E-state index in [9.17, 15) is 0 Å². The number of thiophene rings is 1. The molecular formula is C14H11ClN2S. The average molecular weight is 275 g/mol. The number of nitrogens with zero attached hydrogens (tertiary/aromatic N) is 2. The van der Waals surface area contributed by atoms with E-state index in [1.807, 2.05) is 23.6 Å². The van der Waals surface area contributed by atoms with Crippen molar-refractivity contribution in [2.45, 2.75) is 13.8 Å². The Kier molecular flexibility index (Phi) is 2.80. The second-order valence-corrected chi connectivity index (χ2v) is 5.60. The fraction of sp³-hybridized carbons (Fsp3) is 0.143. The smallest absolute Gasteiger partial charge is 0.171 e. The van der Waals surface area contributed by atoms with Crippen LogP contribution in [0.3, 0.4) is 0 Å². The van der Waals surface area contributed by atoms with Gasteiger partial charge in [0, 0.05) is 5.39 Å². The number of aromatic nitrogens is 2. The van der Waals surface area contributed by atoms with Gasteiger partial charge in [-0.1, -0.05) is 29.3 Å². The molecule has 0 unspecified atom stereocenters. The Bertz CT molecular complexity index is 720. The molecule has 2 heterocycles. The number of halogens is 1. The Labute approximate surface area is 114 Å². The Hall–Kier alpha value is -1.45. The molecule has 4 heteroatoms. The largest absolute Gasteiger partial charge is 0.227 e. The number of aryl methyl sites for hydroxylation is 2. The second kappa shape index (κ2) is 4.34. The summed E-state index contributed by atoms with van der Waals surface area (Å²) in [6, 6.07) is 8.14. The molecule has 3 aromatic rings. The topological polar surface area (TPSA) is 25.8 Å². The first-order valence-corrected chi connectivity index (χ1v) is 6.89. The van der Waals surface area contributed by atoms with Crippen LogP contribution < -0.4 is 0 Å². The number of rotatable bonds is 1. The van der Waals surface area contributed by atoms with Crippen LogP contribution in [0.1, 0.15) is 11.1 Å². The third-order valence-electron chi connectivity index (χ3n) is 2.83. The zero-order valence-electron chi connectivity index (χ0n) is 10.1. The van der Waals surface area contributed by atoms with Gasteiger partial charge in [0.05, 0.1) is 10.4 Å². The van der Waals surface area contributed by atoms with E-state index in [0.717, 1.165) is 21.3 Å². The highest BCUT2D eigenvalue weighted by molar-refractivity contribution is 7.13. The maximum absolute atomic E-state index is 6.28. The fourth-order valence-corrected chi connectivity index (χ4v) is 2.95. The SMILES string of the molecule is Cc1cc(C)c2nc(-c3cccs3)nc(Cl)c2c1. The molecule has 0 aliphatic carbocycles. The van der Waals surface area contributed by atoms with Crippen molar-refractivity contribution in [3.05, 3.63) is 45.9 Å². The Balaban J connectivity index is 2.34. The van der Waals surface area contributed by atoms with Crippen LogP contribution in [0.15, 0.2) is 29.6 Å². The lowest BCUT2D eigenvalue weighted by Crippen LogP contribution is -1.93. The van der Waals surface area contributed by atoms with Gasteiger partial charge >= 0.3 is 0 Å². The summed E-state index contributed by atoms with van der Waals surface area (Å²) in [4.78, 5) is 10.1. The molecule has 0 bridgehead atoms. The molecule has 2 aromatic heterocycles. The van der Waals surface area contributed by atoms with Crippen LogP contribution in [0.5, 0.6) is 0 Å². The maximum atomic E-state index is 6.28. The standard InChI is InChI=1S/C14H11ClN2S/c1-8-6-9(2)12-10(7-8)13(15)17-14(16-12)11-4-3-5-18-11/h3-7H,1-2H3. The molecule has 2 nitrogen and oxygen atoms in total. The van der Waals surface area contributed by atoms with Gasteiger partial charge in [-0.2, -0.15) is 0 Å². The minimum absolute atomic E-state index is 0.523. The number of hydrogen-bond donors (Lipinski definition) is 0. The zero-order valence-corrected chi connectivity index (χ0v) is 11.6. The molecule has 90 valence electrons. The maximum Gasteiger partial charge on any atom is 0.171 e. The summed E-state index contributed by atoms with van der Waals surface area (Å²) in [5, 5.41) is 3.46. The molecule has 0 saturated carbocycles. The van der Waals surface area contributed by atoms with Crippen molar-refractivity contribution in [1.82, 2.24) is 9.97 Å². The summed E-state index contributed by atoms with van der Waals surface area (Å²) in [6.07, 6.45) is 0. The number of hydrogen-bond acceptors (Lipinski definition) is 3. The highest BCUT2D eigenvalue weighted by Crippen LogP contribution is 2.29. The lowest BCUT2D eigenvalue weighted by atomic mass is 10.1. The summed E-state index contributed by atoms with van der Waals surface area (Å²) >= 11 is 7.90. The molecule has 0 aliphatic heterocycles. The zero-order chi connectivity index (χ0) is 12.7. The quantitative estimate of drug-likeness (QED) is 0.605. The third-order valence-corrected chi connectivity index (χ3v) is 3.98. The lowest BCUT2D eigenvalue weighted by Gasteiger charge is -2.07. The predicted molar refractivity (Wildman–Crippen MR) is 77.3 cm³/mol. The van der Waals surface area contributed by atoms with Crippen LogP contribution >= 0.6 is 22.9 Å². The predicted octanol–water partition coefficient (Wildman–Crippen LogP) is 4.63. The van der Waals surface area contributed by atoms with Crippen molar-refractivity contribution in [3.63, 3.8) is 0 Å². The van der Waals surface area contributed by atoms with Gasteiger partial charge < -0.3 is 0 Å². The summed E-state index contributed by atoms with van der Waals surface area (Å²) in [7, 11) is 0. The summed E-state index contributed by atoms with van der Waals surface area (Å²) in [5.41, 5.74) is 3.24. The summed E-state index contributed by atoms with van der Waals surface area (Å²) in [5.74, 6) is 0.703. The van der Waals surface area contributed by atoms with E-state index in [4.69, 9.17) is 11.6 Å². The monoisotopic (exact) mass is 274 g/mol. The molecule has 0 amide bonds. The van der Waals surface area contributed by atoms with Gasteiger partial charge in [0.15, 0.2) is 5.82 Å². The van der Waals surface area contributed by atoms with E-state index >= 15 is 0 Å². The van der Waals surface area contributed by atoms with Crippen molar-refractivity contribution in [2.24, 2.45) is 0 Å². The highest BCUT2D eigenvalue weighted by atomic mass is 35.5. The van der Waals surface area contributed by atoms with Gasteiger partial charge in [-0.05, 0) is 36.9 Å². The molecule has 0 fully saturated rings. The van der Waals surface area contributed by atoms with E-state index in [2.05, 4.69) is 29.9 Å². The normalized spacial score (nSPS) is 11.1. The van der Waals surface area contributed by atoms with Gasteiger partial charge in [0.25, 0.3) is 0 Å². The van der Waals surface area contributed by atoms with Crippen LogP contribution in [-0.2, 0) is 0 Å². The van der Waals surface area contributed by atoms with Gasteiger partial charge in [0.1, 0.15) is 5.15 Å². The molecule has 0 spiro atoms. The van der Waals surface area contributed by atoms with Crippen LogP contribution in [0.2, 0.25) is 5.15 Å². The van der Waals surface area contributed by atoms with E-state index in [1.165, 1.54) is 5.56 Å². The minimum Gasteiger partial charge on any atom is -0.227 e. The van der Waals surface area contributed by atoms with Gasteiger partial charge in [-0.3, -0.25) is 0 Å². The molecule has 0 atom stereocenters.